The second kappa shape index (κ2) is 6.02. The molecule has 2 aromatic rings. The van der Waals surface area contributed by atoms with Crippen LogP contribution >= 0.6 is 23.2 Å². The van der Waals surface area contributed by atoms with Crippen molar-refractivity contribution in [3.63, 3.8) is 0 Å². The van der Waals surface area contributed by atoms with Gasteiger partial charge in [-0.05, 0) is 18.2 Å². The van der Waals surface area contributed by atoms with Crippen LogP contribution in [0.25, 0.3) is 0 Å². The number of nitrogens with one attached hydrogen (secondary N) is 1. The molecule has 2 rings (SSSR count). The van der Waals surface area contributed by atoms with Gasteiger partial charge >= 0.3 is 0 Å². The Labute approximate surface area is 120 Å². The van der Waals surface area contributed by atoms with Crippen molar-refractivity contribution in [2.45, 2.75) is 6.61 Å². The maximum absolute atomic E-state index is 12.1. The van der Waals surface area contributed by atoms with Gasteiger partial charge in [-0.3, -0.25) is 4.79 Å². The van der Waals surface area contributed by atoms with Gasteiger partial charge < -0.3 is 10.4 Å². The molecule has 2 N–H and O–H groups in total. The lowest BCUT2D eigenvalue weighted by atomic mass is 10.1. The van der Waals surface area contributed by atoms with Crippen molar-refractivity contribution in [2.24, 2.45) is 0 Å². The molecule has 0 bridgehead atoms. The van der Waals surface area contributed by atoms with Crippen molar-refractivity contribution in [3.8, 4) is 0 Å². The molecule has 1 heterocycles. The van der Waals surface area contributed by atoms with E-state index in [1.807, 2.05) is 0 Å². The van der Waals surface area contributed by atoms with Crippen LogP contribution in [0, 0.1) is 0 Å². The molecule has 1 aromatic heterocycles. The smallest absolute Gasteiger partial charge is 0.258 e. The summed E-state index contributed by atoms with van der Waals surface area (Å²) in [5.41, 5.74) is 1.37. The van der Waals surface area contributed by atoms with Crippen LogP contribution in [0.1, 0.15) is 15.9 Å². The summed E-state index contributed by atoms with van der Waals surface area (Å²) in [4.78, 5) is 15.9. The van der Waals surface area contributed by atoms with Crippen LogP contribution in [0.4, 0.5) is 5.69 Å². The van der Waals surface area contributed by atoms with E-state index < -0.39 is 5.91 Å². The number of carbonyl (C=O) groups is 1. The third kappa shape index (κ3) is 3.23. The van der Waals surface area contributed by atoms with Crippen LogP contribution in [0.5, 0.6) is 0 Å². The second-order valence-corrected chi connectivity index (χ2v) is 4.49. The fourth-order valence-electron chi connectivity index (χ4n) is 1.55. The van der Waals surface area contributed by atoms with Crippen molar-refractivity contribution >= 4 is 34.8 Å². The molecular formula is C13H10Cl2N2O2. The van der Waals surface area contributed by atoms with Gasteiger partial charge in [0, 0.05) is 11.3 Å². The number of pyridine rings is 1. The maximum Gasteiger partial charge on any atom is 0.258 e. The minimum atomic E-state index is -0.407. The first-order valence-corrected chi connectivity index (χ1v) is 6.19. The highest BCUT2D eigenvalue weighted by Crippen LogP contribution is 2.20. The number of aromatic nitrogens is 1. The normalized spacial score (nSPS) is 10.3. The van der Waals surface area contributed by atoms with Gasteiger partial charge in [-0.1, -0.05) is 41.4 Å². The Kier molecular flexibility index (Phi) is 4.37. The number of para-hydroxylation sites is 1. The molecule has 0 unspecified atom stereocenters. The highest BCUT2D eigenvalue weighted by atomic mass is 35.5. The number of amides is 1. The predicted molar refractivity (Wildman–Crippen MR) is 74.6 cm³/mol. The van der Waals surface area contributed by atoms with E-state index in [9.17, 15) is 9.90 Å². The fraction of sp³-hybridized carbons (Fsp3) is 0.0769. The molecule has 0 fully saturated rings. The Morgan fingerprint density at radius 3 is 2.63 bits per heavy atom. The minimum absolute atomic E-state index is 0.0338. The number of nitrogens with zero attached hydrogens (tertiary/aromatic N) is 1. The minimum Gasteiger partial charge on any atom is -0.392 e. The summed E-state index contributed by atoms with van der Waals surface area (Å²) in [7, 11) is 0. The molecule has 0 aliphatic carbocycles. The van der Waals surface area contributed by atoms with E-state index in [0.29, 0.717) is 11.3 Å². The lowest BCUT2D eigenvalue weighted by Gasteiger charge is -2.09. The summed E-state index contributed by atoms with van der Waals surface area (Å²) in [6, 6.07) is 9.93. The van der Waals surface area contributed by atoms with Crippen LogP contribution in [-0.4, -0.2) is 16.0 Å². The van der Waals surface area contributed by atoms with Gasteiger partial charge in [0.1, 0.15) is 10.3 Å². The molecule has 0 saturated heterocycles. The first-order valence-electron chi connectivity index (χ1n) is 5.44. The van der Waals surface area contributed by atoms with E-state index in [1.54, 1.807) is 24.3 Å². The summed E-state index contributed by atoms with van der Waals surface area (Å²) in [5, 5.41) is 12.1. The van der Waals surface area contributed by atoms with Crippen molar-refractivity contribution < 1.29 is 9.90 Å². The van der Waals surface area contributed by atoms with Crippen molar-refractivity contribution in [1.82, 2.24) is 4.98 Å². The van der Waals surface area contributed by atoms with E-state index in [-0.39, 0.29) is 22.5 Å². The number of aliphatic hydroxyl groups excluding tert-OH is 1. The van der Waals surface area contributed by atoms with Gasteiger partial charge in [0.25, 0.3) is 5.91 Å². The first-order chi connectivity index (χ1) is 9.11. The number of halogens is 2. The Morgan fingerprint density at radius 1 is 1.21 bits per heavy atom. The van der Waals surface area contributed by atoms with Crippen LogP contribution in [-0.2, 0) is 6.61 Å². The Hall–Kier alpha value is -1.62. The van der Waals surface area contributed by atoms with Crippen molar-refractivity contribution in [3.05, 3.63) is 57.8 Å². The molecule has 0 aliphatic heterocycles. The number of hydrogen-bond acceptors (Lipinski definition) is 3. The SMILES string of the molecule is O=C(Nc1ccccc1CO)c1ccc(Cl)nc1Cl. The topological polar surface area (TPSA) is 62.2 Å². The van der Waals surface area contributed by atoms with Crippen molar-refractivity contribution in [1.29, 1.82) is 0 Å². The van der Waals surface area contributed by atoms with E-state index in [4.69, 9.17) is 23.2 Å². The molecule has 0 spiro atoms. The van der Waals surface area contributed by atoms with Gasteiger partial charge in [-0.15, -0.1) is 0 Å². The van der Waals surface area contributed by atoms with E-state index in [2.05, 4.69) is 10.3 Å². The van der Waals surface area contributed by atoms with Gasteiger partial charge in [-0.2, -0.15) is 0 Å². The fourth-order valence-corrected chi connectivity index (χ4v) is 1.98. The van der Waals surface area contributed by atoms with Crippen LogP contribution < -0.4 is 5.32 Å². The lowest BCUT2D eigenvalue weighted by molar-refractivity contribution is 0.102. The monoisotopic (exact) mass is 296 g/mol. The molecule has 0 aliphatic rings. The van der Waals surface area contributed by atoms with E-state index in [0.717, 1.165) is 0 Å². The molecule has 1 aromatic carbocycles. The van der Waals surface area contributed by atoms with Crippen LogP contribution in [0.3, 0.4) is 0 Å². The van der Waals surface area contributed by atoms with Gasteiger partial charge in [-0.25, -0.2) is 4.98 Å². The number of aliphatic hydroxyl groups is 1. The zero-order valence-corrected chi connectivity index (χ0v) is 11.2. The van der Waals surface area contributed by atoms with E-state index in [1.165, 1.54) is 12.1 Å². The summed E-state index contributed by atoms with van der Waals surface area (Å²) in [6.07, 6.45) is 0. The Morgan fingerprint density at radius 2 is 1.95 bits per heavy atom. The summed E-state index contributed by atoms with van der Waals surface area (Å²) >= 11 is 11.5. The van der Waals surface area contributed by atoms with E-state index >= 15 is 0 Å². The highest BCUT2D eigenvalue weighted by molar-refractivity contribution is 6.35. The standard InChI is InChI=1S/C13H10Cl2N2O2/c14-11-6-5-9(12(15)17-11)13(19)16-10-4-2-1-3-8(10)7-18/h1-6,18H,7H2,(H,16,19). The van der Waals surface area contributed by atoms with Crippen molar-refractivity contribution in [2.75, 3.05) is 5.32 Å². The molecule has 0 radical (unpaired) electrons. The summed E-state index contributed by atoms with van der Waals surface area (Å²) < 4.78 is 0. The molecule has 1 amide bonds. The molecule has 19 heavy (non-hydrogen) atoms. The number of anilines is 1. The van der Waals surface area contributed by atoms with Gasteiger partial charge in [0.2, 0.25) is 0 Å². The molecule has 4 nitrogen and oxygen atoms in total. The highest BCUT2D eigenvalue weighted by Gasteiger charge is 2.13. The molecular weight excluding hydrogens is 287 g/mol. The quantitative estimate of drug-likeness (QED) is 0.856. The number of rotatable bonds is 3. The largest absolute Gasteiger partial charge is 0.392 e. The third-order valence-electron chi connectivity index (χ3n) is 2.50. The predicted octanol–water partition coefficient (Wildman–Crippen LogP) is 3.13. The number of carbonyl (C=O) groups excluding carboxylic acids is 1. The lowest BCUT2D eigenvalue weighted by Crippen LogP contribution is -2.14. The zero-order valence-electron chi connectivity index (χ0n) is 9.73. The maximum atomic E-state index is 12.1. The second-order valence-electron chi connectivity index (χ2n) is 3.74. The van der Waals surface area contributed by atoms with Crippen LogP contribution in [0.15, 0.2) is 36.4 Å². The zero-order chi connectivity index (χ0) is 13.8. The molecule has 0 atom stereocenters. The van der Waals surface area contributed by atoms with Crippen LogP contribution in [0.2, 0.25) is 10.3 Å². The summed E-state index contributed by atoms with van der Waals surface area (Å²) in [6.45, 7) is -0.164. The Balaban J connectivity index is 2.26. The molecule has 98 valence electrons. The molecule has 0 saturated carbocycles. The number of hydrogen-bond donors (Lipinski definition) is 2. The van der Waals surface area contributed by atoms with Gasteiger partial charge in [0.15, 0.2) is 0 Å². The van der Waals surface area contributed by atoms with Gasteiger partial charge in [0.05, 0.1) is 12.2 Å². The first kappa shape index (κ1) is 13.8. The number of benzene rings is 1. The summed E-state index contributed by atoms with van der Waals surface area (Å²) in [5.74, 6) is -0.407. The average molecular weight is 297 g/mol. The molecule has 6 heteroatoms. The Bertz CT molecular complexity index is 617. The average Bonchev–Trinajstić information content (AvgIpc) is 2.39. The third-order valence-corrected chi connectivity index (χ3v) is 2.99.